The van der Waals surface area contributed by atoms with Crippen LogP contribution in [0.4, 0.5) is 0 Å². The number of aromatic amines is 1. The average Bonchev–Trinajstić information content (AvgIpc) is 2.89. The number of likely N-dealkylation sites (tertiary alicyclic amines) is 1. The maximum absolute atomic E-state index is 4.90. The van der Waals surface area contributed by atoms with Crippen LogP contribution in [0.25, 0.3) is 11.0 Å². The van der Waals surface area contributed by atoms with Crippen LogP contribution >= 0.6 is 0 Å². The second-order valence-electron chi connectivity index (χ2n) is 7.53. The van der Waals surface area contributed by atoms with Crippen molar-refractivity contribution in [2.45, 2.75) is 45.7 Å². The molecule has 1 N–H and O–H groups in total. The number of benzene rings is 1. The van der Waals surface area contributed by atoms with E-state index in [1.54, 1.807) is 0 Å². The van der Waals surface area contributed by atoms with Crippen molar-refractivity contribution >= 4 is 11.0 Å². The quantitative estimate of drug-likeness (QED) is 0.936. The van der Waals surface area contributed by atoms with E-state index in [0.29, 0.717) is 18.0 Å². The number of hydrogen-bond acceptors (Lipinski definition) is 3. The lowest BCUT2D eigenvalue weighted by molar-refractivity contribution is 0.0816. The van der Waals surface area contributed by atoms with Crippen molar-refractivity contribution in [3.8, 4) is 0 Å². The van der Waals surface area contributed by atoms with Crippen LogP contribution in [0.5, 0.6) is 0 Å². The molecule has 0 amide bonds. The van der Waals surface area contributed by atoms with E-state index in [2.05, 4.69) is 67.8 Å². The summed E-state index contributed by atoms with van der Waals surface area (Å²) in [5, 5.41) is 0. The summed E-state index contributed by atoms with van der Waals surface area (Å²) >= 11 is 0. The number of rotatable bonds is 4. The van der Waals surface area contributed by atoms with Crippen LogP contribution in [0.1, 0.15) is 44.1 Å². The van der Waals surface area contributed by atoms with Gasteiger partial charge in [-0.15, -0.1) is 0 Å². The predicted octanol–water partition coefficient (Wildman–Crippen LogP) is 3.59. The second kappa shape index (κ2) is 6.62. The van der Waals surface area contributed by atoms with E-state index in [4.69, 9.17) is 4.98 Å². The van der Waals surface area contributed by atoms with Crippen LogP contribution in [0.15, 0.2) is 18.2 Å². The van der Waals surface area contributed by atoms with Crippen LogP contribution < -0.4 is 0 Å². The maximum Gasteiger partial charge on any atom is 0.124 e. The van der Waals surface area contributed by atoms with Crippen molar-refractivity contribution in [1.82, 2.24) is 19.8 Å². The third-order valence-corrected chi connectivity index (χ3v) is 5.27. The number of aryl methyl sites for hydroxylation is 1. The van der Waals surface area contributed by atoms with Gasteiger partial charge in [-0.25, -0.2) is 4.98 Å². The minimum absolute atomic E-state index is 0.344. The first kappa shape index (κ1) is 16.5. The first-order valence-corrected chi connectivity index (χ1v) is 8.82. The number of aromatic nitrogens is 2. The molecule has 3 rings (SSSR count). The minimum Gasteiger partial charge on any atom is -0.341 e. The zero-order valence-corrected chi connectivity index (χ0v) is 15.1. The molecule has 2 aromatic rings. The average molecular weight is 314 g/mol. The molecule has 1 aromatic carbocycles. The Kier molecular flexibility index (Phi) is 4.74. The Labute approximate surface area is 139 Å². The molecule has 1 fully saturated rings. The molecular formula is C19H30N4. The number of nitrogens with one attached hydrogen (secondary N) is 1. The minimum atomic E-state index is 0.344. The summed E-state index contributed by atoms with van der Waals surface area (Å²) in [4.78, 5) is 13.5. The molecule has 0 spiro atoms. The lowest BCUT2D eigenvalue weighted by Gasteiger charge is -2.40. The van der Waals surface area contributed by atoms with Crippen molar-refractivity contribution in [2.24, 2.45) is 5.92 Å². The fourth-order valence-corrected chi connectivity index (χ4v) is 3.89. The van der Waals surface area contributed by atoms with Gasteiger partial charge < -0.3 is 9.88 Å². The van der Waals surface area contributed by atoms with E-state index in [1.807, 2.05) is 0 Å². The molecule has 4 heteroatoms. The Morgan fingerprint density at radius 3 is 2.61 bits per heavy atom. The molecule has 0 bridgehead atoms. The highest BCUT2D eigenvalue weighted by Crippen LogP contribution is 2.31. The van der Waals surface area contributed by atoms with Crippen molar-refractivity contribution in [3.63, 3.8) is 0 Å². The highest BCUT2D eigenvalue weighted by atomic mass is 15.2. The molecule has 1 atom stereocenters. The molecule has 0 radical (unpaired) electrons. The summed E-state index contributed by atoms with van der Waals surface area (Å²) in [6.07, 6.45) is 2.49. The lowest BCUT2D eigenvalue weighted by atomic mass is 9.96. The van der Waals surface area contributed by atoms with Gasteiger partial charge >= 0.3 is 0 Å². The van der Waals surface area contributed by atoms with Crippen molar-refractivity contribution in [2.75, 3.05) is 27.2 Å². The summed E-state index contributed by atoms with van der Waals surface area (Å²) < 4.78 is 0. The number of nitrogens with zero attached hydrogens (tertiary/aromatic N) is 3. The Hall–Kier alpha value is -1.39. The molecule has 1 aliphatic heterocycles. The normalized spacial score (nSPS) is 19.1. The number of hydrogen-bond donors (Lipinski definition) is 1. The molecule has 2 heterocycles. The topological polar surface area (TPSA) is 35.2 Å². The SMILES string of the molecule is Cc1ccc2nc(C(C(C)C)N(C)C3CCN(C)CC3)[nH]c2c1. The van der Waals surface area contributed by atoms with Crippen LogP contribution in [0.3, 0.4) is 0 Å². The van der Waals surface area contributed by atoms with Crippen molar-refractivity contribution < 1.29 is 0 Å². The van der Waals surface area contributed by atoms with Crippen LogP contribution in [0.2, 0.25) is 0 Å². The monoisotopic (exact) mass is 314 g/mol. The van der Waals surface area contributed by atoms with Crippen molar-refractivity contribution in [3.05, 3.63) is 29.6 Å². The van der Waals surface area contributed by atoms with E-state index in [-0.39, 0.29) is 0 Å². The van der Waals surface area contributed by atoms with E-state index in [0.717, 1.165) is 16.9 Å². The van der Waals surface area contributed by atoms with Crippen LogP contribution in [0, 0.1) is 12.8 Å². The van der Waals surface area contributed by atoms with Gasteiger partial charge in [0, 0.05) is 6.04 Å². The zero-order chi connectivity index (χ0) is 16.6. The Morgan fingerprint density at radius 2 is 1.96 bits per heavy atom. The Bertz CT molecular complexity index is 652. The largest absolute Gasteiger partial charge is 0.341 e. The molecule has 126 valence electrons. The maximum atomic E-state index is 4.90. The van der Waals surface area contributed by atoms with Gasteiger partial charge in [-0.2, -0.15) is 0 Å². The first-order valence-electron chi connectivity index (χ1n) is 8.82. The van der Waals surface area contributed by atoms with Crippen molar-refractivity contribution in [1.29, 1.82) is 0 Å². The first-order chi connectivity index (χ1) is 11.0. The smallest absolute Gasteiger partial charge is 0.124 e. The molecule has 1 aliphatic rings. The molecule has 4 nitrogen and oxygen atoms in total. The van der Waals surface area contributed by atoms with E-state index < -0.39 is 0 Å². The van der Waals surface area contributed by atoms with Gasteiger partial charge in [0.2, 0.25) is 0 Å². The fourth-order valence-electron chi connectivity index (χ4n) is 3.89. The number of piperidine rings is 1. The summed E-state index contributed by atoms with van der Waals surface area (Å²) in [7, 11) is 4.50. The van der Waals surface area contributed by atoms with Gasteiger partial charge in [-0.3, -0.25) is 4.90 Å². The molecular weight excluding hydrogens is 284 g/mol. The summed E-state index contributed by atoms with van der Waals surface area (Å²) in [6, 6.07) is 7.44. The van der Waals surface area contributed by atoms with Gasteiger partial charge in [-0.1, -0.05) is 19.9 Å². The second-order valence-corrected chi connectivity index (χ2v) is 7.53. The molecule has 1 aromatic heterocycles. The summed E-state index contributed by atoms with van der Waals surface area (Å²) in [5.74, 6) is 1.64. The molecule has 0 aliphatic carbocycles. The van der Waals surface area contributed by atoms with Gasteiger partial charge in [0.15, 0.2) is 0 Å². The Balaban J connectivity index is 1.87. The fraction of sp³-hybridized carbons (Fsp3) is 0.632. The van der Waals surface area contributed by atoms with Gasteiger partial charge in [0.1, 0.15) is 5.82 Å². The third-order valence-electron chi connectivity index (χ3n) is 5.27. The number of imidazole rings is 1. The molecule has 1 unspecified atom stereocenters. The van der Waals surface area contributed by atoms with E-state index in [1.165, 1.54) is 31.5 Å². The van der Waals surface area contributed by atoms with Gasteiger partial charge in [0.25, 0.3) is 0 Å². The lowest BCUT2D eigenvalue weighted by Crippen LogP contribution is -2.44. The number of fused-ring (bicyclic) bond motifs is 1. The molecule has 0 saturated carbocycles. The van der Waals surface area contributed by atoms with Crippen LogP contribution in [-0.4, -0.2) is 53.0 Å². The summed E-state index contributed by atoms with van der Waals surface area (Å²) in [5.41, 5.74) is 3.51. The molecule has 23 heavy (non-hydrogen) atoms. The zero-order valence-electron chi connectivity index (χ0n) is 15.1. The third kappa shape index (κ3) is 3.43. The van der Waals surface area contributed by atoms with E-state index >= 15 is 0 Å². The number of H-pyrrole nitrogens is 1. The Morgan fingerprint density at radius 1 is 1.26 bits per heavy atom. The van der Waals surface area contributed by atoms with Crippen LogP contribution in [-0.2, 0) is 0 Å². The van der Waals surface area contributed by atoms with Gasteiger partial charge in [-0.05, 0) is 70.6 Å². The highest BCUT2D eigenvalue weighted by molar-refractivity contribution is 5.75. The standard InChI is InChI=1S/C19H30N4/c1-13(2)18(23(5)15-8-10-22(4)11-9-15)19-20-16-7-6-14(3)12-17(16)21-19/h6-7,12-13,15,18H,8-11H2,1-5H3,(H,20,21). The predicted molar refractivity (Wildman–Crippen MR) is 96.7 cm³/mol. The van der Waals surface area contributed by atoms with Gasteiger partial charge in [0.05, 0.1) is 17.1 Å². The van der Waals surface area contributed by atoms with E-state index in [9.17, 15) is 0 Å². The summed E-state index contributed by atoms with van der Waals surface area (Å²) in [6.45, 7) is 9.12. The highest BCUT2D eigenvalue weighted by Gasteiger charge is 2.30. The molecule has 1 saturated heterocycles.